The molecule has 1 aromatic heterocycles. The molecule has 3 heteroatoms. The first-order valence-electron chi connectivity index (χ1n) is 3.01. The van der Waals surface area contributed by atoms with Crippen molar-refractivity contribution in [1.82, 2.24) is 0 Å². The first-order chi connectivity index (χ1) is 4.93. The van der Waals surface area contributed by atoms with Crippen LogP contribution in [0.25, 0.3) is 0 Å². The number of carbonyl (C=O) groups excluding carboxylic acids is 1. The minimum atomic E-state index is 0.480. The number of carbonyl (C=O) groups is 1. The topological polar surface area (TPSA) is 26.3 Å². The highest BCUT2D eigenvalue weighted by Gasteiger charge is 1.91. The van der Waals surface area contributed by atoms with Crippen LogP contribution in [-0.2, 0) is 16.0 Å². The second-order valence-electron chi connectivity index (χ2n) is 1.80. The van der Waals surface area contributed by atoms with Gasteiger partial charge in [0.15, 0.2) is 0 Å². The summed E-state index contributed by atoms with van der Waals surface area (Å²) in [4.78, 5) is 11.0. The summed E-state index contributed by atoms with van der Waals surface area (Å²) in [6, 6.07) is 4.01. The van der Waals surface area contributed by atoms with E-state index in [4.69, 9.17) is 0 Å². The van der Waals surface area contributed by atoms with Crippen molar-refractivity contribution in [2.45, 2.75) is 6.42 Å². The van der Waals surface area contributed by atoms with Gasteiger partial charge in [-0.05, 0) is 11.4 Å². The van der Waals surface area contributed by atoms with Gasteiger partial charge in [0.25, 0.3) is 6.47 Å². The molecule has 1 aromatic rings. The highest BCUT2D eigenvalue weighted by molar-refractivity contribution is 7.09. The van der Waals surface area contributed by atoms with E-state index in [1.165, 1.54) is 4.88 Å². The van der Waals surface area contributed by atoms with E-state index in [1.54, 1.807) is 11.3 Å². The Morgan fingerprint density at radius 1 is 1.70 bits per heavy atom. The molecule has 0 aromatic carbocycles. The first-order valence-corrected chi connectivity index (χ1v) is 3.89. The normalized spacial score (nSPS) is 9.20. The van der Waals surface area contributed by atoms with E-state index in [9.17, 15) is 4.79 Å². The molecular weight excluding hydrogens is 148 g/mol. The minimum absolute atomic E-state index is 0.480. The Morgan fingerprint density at radius 3 is 3.20 bits per heavy atom. The molecule has 0 aliphatic rings. The molecule has 2 nitrogen and oxygen atoms in total. The molecule has 0 atom stereocenters. The third kappa shape index (κ3) is 2.19. The van der Waals surface area contributed by atoms with Crippen molar-refractivity contribution in [1.29, 1.82) is 0 Å². The van der Waals surface area contributed by atoms with Gasteiger partial charge in [-0.2, -0.15) is 0 Å². The molecule has 0 spiro atoms. The zero-order valence-electron chi connectivity index (χ0n) is 5.45. The summed E-state index contributed by atoms with van der Waals surface area (Å²) in [7, 11) is 0. The number of hydrogen-bond acceptors (Lipinski definition) is 3. The van der Waals surface area contributed by atoms with Crippen molar-refractivity contribution in [3.8, 4) is 0 Å². The van der Waals surface area contributed by atoms with Gasteiger partial charge in [-0.25, -0.2) is 0 Å². The van der Waals surface area contributed by atoms with Crippen molar-refractivity contribution in [2.75, 3.05) is 6.61 Å². The highest BCUT2D eigenvalue weighted by atomic mass is 32.1. The molecule has 0 unspecified atom stereocenters. The summed E-state index contributed by atoms with van der Waals surface area (Å²) in [6.07, 6.45) is 0.830. The third-order valence-corrected chi connectivity index (χ3v) is 2.05. The smallest absolute Gasteiger partial charge is 0.293 e. The van der Waals surface area contributed by atoms with Crippen molar-refractivity contribution >= 4 is 17.8 Å². The van der Waals surface area contributed by atoms with Crippen molar-refractivity contribution < 1.29 is 9.53 Å². The second-order valence-corrected chi connectivity index (χ2v) is 2.83. The number of thiophene rings is 1. The summed E-state index contributed by atoms with van der Waals surface area (Å²) in [5.74, 6) is 0. The molecule has 0 aliphatic heterocycles. The van der Waals surface area contributed by atoms with Crippen molar-refractivity contribution in [3.63, 3.8) is 0 Å². The number of rotatable bonds is 4. The fourth-order valence-electron chi connectivity index (χ4n) is 0.662. The maximum absolute atomic E-state index is 9.71. The zero-order valence-corrected chi connectivity index (χ0v) is 6.26. The van der Waals surface area contributed by atoms with Crippen LogP contribution < -0.4 is 0 Å². The number of hydrogen-bond donors (Lipinski definition) is 0. The van der Waals surface area contributed by atoms with Gasteiger partial charge in [-0.15, -0.1) is 11.3 Å². The first kappa shape index (κ1) is 7.28. The molecule has 0 fully saturated rings. The second kappa shape index (κ2) is 4.06. The minimum Gasteiger partial charge on any atom is -0.468 e. The Labute approximate surface area is 63.4 Å². The lowest BCUT2D eigenvalue weighted by molar-refractivity contribution is -0.128. The maximum Gasteiger partial charge on any atom is 0.293 e. The molecule has 0 amide bonds. The molecule has 0 N–H and O–H groups in total. The third-order valence-electron chi connectivity index (χ3n) is 1.11. The SMILES string of the molecule is O=COCCc1cccs1. The molecule has 54 valence electrons. The quantitative estimate of drug-likeness (QED) is 0.487. The Kier molecular flexibility index (Phi) is 2.96. The predicted molar refractivity (Wildman–Crippen MR) is 40.0 cm³/mol. The van der Waals surface area contributed by atoms with Gasteiger partial charge < -0.3 is 4.74 Å². The fraction of sp³-hybridized carbons (Fsp3) is 0.286. The predicted octanol–water partition coefficient (Wildman–Crippen LogP) is 1.46. The molecule has 1 heterocycles. The van der Waals surface area contributed by atoms with Crippen LogP contribution in [-0.4, -0.2) is 13.1 Å². The van der Waals surface area contributed by atoms with Gasteiger partial charge in [0.2, 0.25) is 0 Å². The lowest BCUT2D eigenvalue weighted by Gasteiger charge is -1.93. The summed E-state index contributed by atoms with van der Waals surface area (Å²) in [6.45, 7) is 0.970. The molecular formula is C7H8O2S. The number of ether oxygens (including phenoxy) is 1. The van der Waals surface area contributed by atoms with Crippen LogP contribution >= 0.6 is 11.3 Å². The summed E-state index contributed by atoms with van der Waals surface area (Å²) in [5.41, 5.74) is 0. The Balaban J connectivity index is 2.21. The van der Waals surface area contributed by atoms with Crippen LogP contribution in [0.5, 0.6) is 0 Å². The van der Waals surface area contributed by atoms with Gasteiger partial charge in [0.05, 0.1) is 6.61 Å². The van der Waals surface area contributed by atoms with E-state index in [2.05, 4.69) is 4.74 Å². The highest BCUT2D eigenvalue weighted by Crippen LogP contribution is 2.08. The largest absolute Gasteiger partial charge is 0.468 e. The van der Waals surface area contributed by atoms with Crippen LogP contribution in [0.2, 0.25) is 0 Å². The molecule has 10 heavy (non-hydrogen) atoms. The van der Waals surface area contributed by atoms with Crippen LogP contribution in [0.3, 0.4) is 0 Å². The van der Waals surface area contributed by atoms with Crippen LogP contribution in [0.15, 0.2) is 17.5 Å². The molecule has 0 bridgehead atoms. The standard InChI is InChI=1S/C7H8O2S/c8-6-9-4-3-7-2-1-5-10-7/h1-2,5-6H,3-4H2. The average Bonchev–Trinajstić information content (AvgIpc) is 2.41. The average molecular weight is 156 g/mol. The molecule has 0 saturated heterocycles. The van der Waals surface area contributed by atoms with E-state index in [0.29, 0.717) is 13.1 Å². The summed E-state index contributed by atoms with van der Waals surface area (Å²) >= 11 is 1.68. The van der Waals surface area contributed by atoms with E-state index in [1.807, 2.05) is 17.5 Å². The Bertz CT molecular complexity index is 181. The lowest BCUT2D eigenvalue weighted by atomic mass is 10.4. The van der Waals surface area contributed by atoms with Gasteiger partial charge in [0.1, 0.15) is 0 Å². The van der Waals surface area contributed by atoms with Crippen LogP contribution in [0.1, 0.15) is 4.88 Å². The maximum atomic E-state index is 9.71. The van der Waals surface area contributed by atoms with Gasteiger partial charge in [-0.1, -0.05) is 6.07 Å². The Morgan fingerprint density at radius 2 is 2.60 bits per heavy atom. The van der Waals surface area contributed by atoms with Crippen LogP contribution in [0.4, 0.5) is 0 Å². The van der Waals surface area contributed by atoms with Gasteiger partial charge in [-0.3, -0.25) is 4.79 Å². The Hall–Kier alpha value is -0.830. The summed E-state index contributed by atoms with van der Waals surface area (Å²) in [5, 5.41) is 2.01. The van der Waals surface area contributed by atoms with Gasteiger partial charge in [0, 0.05) is 11.3 Å². The van der Waals surface area contributed by atoms with E-state index < -0.39 is 0 Å². The van der Waals surface area contributed by atoms with Crippen molar-refractivity contribution in [3.05, 3.63) is 22.4 Å². The molecule has 0 radical (unpaired) electrons. The van der Waals surface area contributed by atoms with Crippen LogP contribution in [0, 0.1) is 0 Å². The fourth-order valence-corrected chi connectivity index (χ4v) is 1.35. The van der Waals surface area contributed by atoms with E-state index in [0.717, 1.165) is 6.42 Å². The van der Waals surface area contributed by atoms with E-state index >= 15 is 0 Å². The monoisotopic (exact) mass is 156 g/mol. The summed E-state index contributed by atoms with van der Waals surface area (Å²) < 4.78 is 4.53. The van der Waals surface area contributed by atoms with Gasteiger partial charge >= 0.3 is 0 Å². The molecule has 0 aliphatic carbocycles. The molecule has 1 rings (SSSR count). The zero-order chi connectivity index (χ0) is 7.23. The van der Waals surface area contributed by atoms with Crippen molar-refractivity contribution in [2.24, 2.45) is 0 Å². The lowest BCUT2D eigenvalue weighted by Crippen LogP contribution is -1.93. The molecule has 0 saturated carbocycles. The van der Waals surface area contributed by atoms with E-state index in [-0.39, 0.29) is 0 Å².